The molecule has 0 radical (unpaired) electrons. The number of hydrogen-bond donors (Lipinski definition) is 5. The lowest BCUT2D eigenvalue weighted by Crippen LogP contribution is -2.22. The lowest BCUT2D eigenvalue weighted by Gasteiger charge is -2.09. The van der Waals surface area contributed by atoms with Crippen molar-refractivity contribution in [2.45, 2.75) is 4.90 Å². The number of carbonyl (C=O) groups excluding carboxylic acids is 1. The fraction of sp³-hybridized carbons (Fsp3) is 0. The Hall–Kier alpha value is -3.59. The molecule has 0 aliphatic heterocycles. The molecule has 1 heterocycles. The molecule has 0 atom stereocenters. The van der Waals surface area contributed by atoms with Gasteiger partial charge in [0.05, 0.1) is 16.1 Å². The standard InChI is InChI=1S/C13H12FN7O5S2/c14-7-3-6(1-2-8(7)19-9(22)4-18-20-13(15)16)28(25,26)21-11-10(12(23)24)17-5-27-11/h1-5,21H,(H,19,22)(H,23,24)(H4,15,16,20)/b18-4+. The zero-order chi connectivity index (χ0) is 20.9. The third kappa shape index (κ3) is 5.21. The van der Waals surface area contributed by atoms with Gasteiger partial charge >= 0.3 is 5.97 Å². The minimum atomic E-state index is -4.30. The van der Waals surface area contributed by atoms with Crippen LogP contribution in [0, 0.1) is 5.82 Å². The molecule has 0 saturated carbocycles. The molecule has 1 aromatic carbocycles. The van der Waals surface area contributed by atoms with Crippen LogP contribution < -0.4 is 21.5 Å². The highest BCUT2D eigenvalue weighted by molar-refractivity contribution is 7.93. The summed E-state index contributed by atoms with van der Waals surface area (Å²) in [5.41, 5.74) is 10.3. The van der Waals surface area contributed by atoms with E-state index in [2.05, 4.69) is 20.5 Å². The van der Waals surface area contributed by atoms with Crippen LogP contribution in [0.1, 0.15) is 10.5 Å². The van der Waals surface area contributed by atoms with Gasteiger partial charge in [-0.05, 0) is 18.2 Å². The van der Waals surface area contributed by atoms with Gasteiger partial charge in [0, 0.05) is 0 Å². The number of sulfonamides is 1. The number of benzene rings is 1. The Morgan fingerprint density at radius 3 is 2.64 bits per heavy atom. The highest BCUT2D eigenvalue weighted by Gasteiger charge is 2.22. The number of amides is 1. The molecule has 28 heavy (non-hydrogen) atoms. The summed E-state index contributed by atoms with van der Waals surface area (Å²) in [6, 6.07) is 2.66. The van der Waals surface area contributed by atoms with E-state index in [0.717, 1.165) is 29.0 Å². The average Bonchev–Trinajstić information content (AvgIpc) is 3.04. The molecular weight excluding hydrogens is 417 g/mol. The molecule has 148 valence electrons. The number of carboxylic acid groups (broad SMARTS) is 1. The first kappa shape index (κ1) is 20.7. The molecule has 0 saturated heterocycles. The Morgan fingerprint density at radius 1 is 1.32 bits per heavy atom. The van der Waals surface area contributed by atoms with Crippen LogP contribution >= 0.6 is 11.3 Å². The summed E-state index contributed by atoms with van der Waals surface area (Å²) in [5.74, 6) is -3.74. The molecule has 1 amide bonds. The van der Waals surface area contributed by atoms with E-state index in [1.165, 1.54) is 0 Å². The molecule has 0 unspecified atom stereocenters. The highest BCUT2D eigenvalue weighted by atomic mass is 32.2. The minimum Gasteiger partial charge on any atom is -0.476 e. The Bertz CT molecular complexity index is 1080. The van der Waals surface area contributed by atoms with Crippen molar-refractivity contribution in [3.8, 4) is 0 Å². The quantitative estimate of drug-likeness (QED) is 0.229. The maximum atomic E-state index is 14.2. The maximum Gasteiger partial charge on any atom is 0.357 e. The van der Waals surface area contributed by atoms with Gasteiger partial charge in [-0.2, -0.15) is 0 Å². The Labute approximate surface area is 160 Å². The smallest absolute Gasteiger partial charge is 0.357 e. The summed E-state index contributed by atoms with van der Waals surface area (Å²) in [4.78, 5) is 25.6. The molecule has 7 N–H and O–H groups in total. The van der Waals surface area contributed by atoms with E-state index < -0.39 is 38.3 Å². The molecule has 1 aromatic heterocycles. The number of hydrogen-bond acceptors (Lipinski definition) is 8. The van der Waals surface area contributed by atoms with Crippen molar-refractivity contribution >= 4 is 56.1 Å². The number of aromatic carboxylic acids is 1. The molecule has 0 spiro atoms. The van der Waals surface area contributed by atoms with Gasteiger partial charge in [-0.1, -0.05) is 0 Å². The number of nitrogens with one attached hydrogen (secondary N) is 2. The maximum absolute atomic E-state index is 14.2. The van der Waals surface area contributed by atoms with Crippen molar-refractivity contribution in [3.05, 3.63) is 35.2 Å². The van der Waals surface area contributed by atoms with Gasteiger partial charge in [-0.25, -0.2) is 22.6 Å². The Morgan fingerprint density at radius 2 is 2.04 bits per heavy atom. The van der Waals surface area contributed by atoms with Gasteiger partial charge in [-0.3, -0.25) is 9.52 Å². The zero-order valence-electron chi connectivity index (χ0n) is 13.7. The van der Waals surface area contributed by atoms with Crippen LogP contribution in [0.4, 0.5) is 15.1 Å². The van der Waals surface area contributed by atoms with Crippen LogP contribution in [-0.4, -0.2) is 42.6 Å². The predicted molar refractivity (Wildman–Crippen MR) is 99.2 cm³/mol. The highest BCUT2D eigenvalue weighted by Crippen LogP contribution is 2.25. The number of anilines is 2. The summed E-state index contributed by atoms with van der Waals surface area (Å²) >= 11 is 0.749. The van der Waals surface area contributed by atoms with Crippen LogP contribution in [-0.2, 0) is 14.8 Å². The predicted octanol–water partition coefficient (Wildman–Crippen LogP) is -0.0211. The number of halogens is 1. The molecule has 0 aliphatic carbocycles. The van der Waals surface area contributed by atoms with Gasteiger partial charge in [-0.15, -0.1) is 21.5 Å². The van der Waals surface area contributed by atoms with Crippen molar-refractivity contribution in [1.82, 2.24) is 4.98 Å². The molecule has 15 heteroatoms. The van der Waals surface area contributed by atoms with Crippen LogP contribution in [0.3, 0.4) is 0 Å². The number of nitrogens with two attached hydrogens (primary N) is 2. The Balaban J connectivity index is 2.19. The number of guanidine groups is 1. The van der Waals surface area contributed by atoms with E-state index in [1.807, 2.05) is 4.72 Å². The van der Waals surface area contributed by atoms with Crippen LogP contribution in [0.2, 0.25) is 0 Å². The first-order valence-electron chi connectivity index (χ1n) is 7.02. The van der Waals surface area contributed by atoms with Crippen molar-refractivity contribution in [2.24, 2.45) is 21.7 Å². The number of aromatic nitrogens is 1. The van der Waals surface area contributed by atoms with Crippen LogP contribution in [0.5, 0.6) is 0 Å². The third-order valence-electron chi connectivity index (χ3n) is 2.85. The van der Waals surface area contributed by atoms with Crippen LogP contribution in [0.25, 0.3) is 0 Å². The van der Waals surface area contributed by atoms with Crippen molar-refractivity contribution < 1.29 is 27.5 Å². The van der Waals surface area contributed by atoms with E-state index in [9.17, 15) is 22.4 Å². The van der Waals surface area contributed by atoms with Gasteiger partial charge in [0.2, 0.25) is 5.96 Å². The van der Waals surface area contributed by atoms with E-state index in [0.29, 0.717) is 12.3 Å². The lowest BCUT2D eigenvalue weighted by molar-refractivity contribution is -0.110. The van der Waals surface area contributed by atoms with Gasteiger partial charge in [0.15, 0.2) is 5.69 Å². The average molecular weight is 429 g/mol. The summed E-state index contributed by atoms with van der Waals surface area (Å²) in [6.07, 6.45) is 0.683. The van der Waals surface area contributed by atoms with Gasteiger partial charge in [0.1, 0.15) is 17.0 Å². The first-order valence-corrected chi connectivity index (χ1v) is 9.38. The second-order valence-corrected chi connectivity index (χ2v) is 7.38. The molecule has 0 fully saturated rings. The summed E-state index contributed by atoms with van der Waals surface area (Å²) < 4.78 is 40.8. The molecule has 0 bridgehead atoms. The lowest BCUT2D eigenvalue weighted by atomic mass is 10.3. The van der Waals surface area contributed by atoms with E-state index in [-0.39, 0.29) is 16.6 Å². The molecular formula is C13H12FN7O5S2. The van der Waals surface area contributed by atoms with Gasteiger partial charge < -0.3 is 21.9 Å². The third-order valence-corrected chi connectivity index (χ3v) is 5.07. The monoisotopic (exact) mass is 429 g/mol. The second kappa shape index (κ2) is 8.40. The molecule has 0 aliphatic rings. The van der Waals surface area contributed by atoms with E-state index in [1.54, 1.807) is 0 Å². The number of rotatable bonds is 7. The summed E-state index contributed by atoms with van der Waals surface area (Å²) in [6.45, 7) is 0. The van der Waals surface area contributed by atoms with Gasteiger partial charge in [0.25, 0.3) is 15.9 Å². The molecule has 2 aromatic rings. The minimum absolute atomic E-state index is 0.235. The van der Waals surface area contributed by atoms with Crippen LogP contribution in [0.15, 0.2) is 38.8 Å². The summed E-state index contributed by atoms with van der Waals surface area (Å²) in [5, 5.41) is 17.3. The van der Waals surface area contributed by atoms with Crippen molar-refractivity contribution in [2.75, 3.05) is 10.0 Å². The fourth-order valence-electron chi connectivity index (χ4n) is 1.73. The zero-order valence-corrected chi connectivity index (χ0v) is 15.3. The largest absolute Gasteiger partial charge is 0.476 e. The van der Waals surface area contributed by atoms with E-state index >= 15 is 0 Å². The first-order chi connectivity index (χ1) is 13.1. The normalized spacial score (nSPS) is 11.2. The number of carboxylic acids is 1. The fourth-order valence-corrected chi connectivity index (χ4v) is 3.73. The topological polar surface area (TPSA) is 202 Å². The second-order valence-electron chi connectivity index (χ2n) is 4.84. The number of thiazole rings is 1. The van der Waals surface area contributed by atoms with E-state index in [4.69, 9.17) is 16.6 Å². The summed E-state index contributed by atoms with van der Waals surface area (Å²) in [7, 11) is -4.30. The molecule has 2 rings (SSSR count). The Kier molecular flexibility index (Phi) is 6.22. The van der Waals surface area contributed by atoms with Crippen molar-refractivity contribution in [1.29, 1.82) is 0 Å². The number of nitrogens with zero attached hydrogens (tertiary/aromatic N) is 3. The molecule has 12 nitrogen and oxygen atoms in total. The van der Waals surface area contributed by atoms with Crippen molar-refractivity contribution in [3.63, 3.8) is 0 Å². The number of carbonyl (C=O) groups is 2. The SMILES string of the molecule is NC(N)=N/N=C/C(=O)Nc1ccc(S(=O)(=O)Nc2scnc2C(=O)O)cc1F.